The number of hydrogen-bond acceptors (Lipinski definition) is 5. The molecule has 0 saturated heterocycles. The number of amides is 1. The number of nitrogens with zero attached hydrogens (tertiary/aromatic N) is 2. The number of aromatic nitrogens is 2. The SMILES string of the molecule is COc1cccc(CNC(=O)[C@H](C)NS(=O)(=O)c2c(C)nn(C)c2C)c1. The third kappa shape index (κ3) is 4.41. The second-order valence-corrected chi connectivity index (χ2v) is 7.69. The van der Waals surface area contributed by atoms with Gasteiger partial charge in [0.25, 0.3) is 0 Å². The van der Waals surface area contributed by atoms with Crippen LogP contribution in [0.1, 0.15) is 23.9 Å². The van der Waals surface area contributed by atoms with Gasteiger partial charge in [0, 0.05) is 13.6 Å². The molecule has 0 saturated carbocycles. The molecule has 0 aliphatic heterocycles. The molecule has 1 heterocycles. The van der Waals surface area contributed by atoms with E-state index in [4.69, 9.17) is 4.74 Å². The summed E-state index contributed by atoms with van der Waals surface area (Å²) in [5, 5.41) is 6.82. The van der Waals surface area contributed by atoms with E-state index < -0.39 is 22.0 Å². The summed E-state index contributed by atoms with van der Waals surface area (Å²) in [6.07, 6.45) is 0. The molecule has 2 N–H and O–H groups in total. The molecular weight excluding hydrogens is 356 g/mol. The molecule has 2 rings (SSSR count). The molecule has 9 heteroatoms. The number of carbonyl (C=O) groups is 1. The highest BCUT2D eigenvalue weighted by Gasteiger charge is 2.27. The molecule has 1 atom stereocenters. The van der Waals surface area contributed by atoms with Crippen molar-refractivity contribution in [2.24, 2.45) is 7.05 Å². The van der Waals surface area contributed by atoms with Crippen LogP contribution in [0.3, 0.4) is 0 Å². The highest BCUT2D eigenvalue weighted by molar-refractivity contribution is 7.89. The van der Waals surface area contributed by atoms with Gasteiger partial charge in [0.15, 0.2) is 0 Å². The van der Waals surface area contributed by atoms with E-state index in [2.05, 4.69) is 15.1 Å². The number of methoxy groups -OCH3 is 1. The van der Waals surface area contributed by atoms with Crippen LogP contribution in [0.25, 0.3) is 0 Å². The molecule has 0 aliphatic rings. The predicted molar refractivity (Wildman–Crippen MR) is 97.3 cm³/mol. The summed E-state index contributed by atoms with van der Waals surface area (Å²) < 4.78 is 34.2. The van der Waals surface area contributed by atoms with Gasteiger partial charge in [-0.1, -0.05) is 12.1 Å². The van der Waals surface area contributed by atoms with E-state index in [0.717, 1.165) is 5.56 Å². The van der Waals surface area contributed by atoms with Crippen molar-refractivity contribution in [2.75, 3.05) is 7.11 Å². The summed E-state index contributed by atoms with van der Waals surface area (Å²) in [4.78, 5) is 12.4. The van der Waals surface area contributed by atoms with E-state index in [9.17, 15) is 13.2 Å². The number of aryl methyl sites for hydroxylation is 2. The molecule has 0 bridgehead atoms. The van der Waals surface area contributed by atoms with Crippen LogP contribution in [0.5, 0.6) is 5.75 Å². The van der Waals surface area contributed by atoms with Crippen molar-refractivity contribution >= 4 is 15.9 Å². The van der Waals surface area contributed by atoms with Gasteiger partial charge in [-0.3, -0.25) is 9.48 Å². The predicted octanol–water partition coefficient (Wildman–Crippen LogP) is 1.03. The minimum absolute atomic E-state index is 0.104. The third-order valence-electron chi connectivity index (χ3n) is 4.04. The monoisotopic (exact) mass is 380 g/mol. The Hall–Kier alpha value is -2.39. The maximum Gasteiger partial charge on any atom is 0.244 e. The molecule has 1 aromatic heterocycles. The molecule has 1 amide bonds. The maximum atomic E-state index is 12.6. The van der Waals surface area contributed by atoms with Crippen molar-refractivity contribution in [3.8, 4) is 5.75 Å². The Balaban J connectivity index is 2.04. The third-order valence-corrected chi connectivity index (χ3v) is 5.83. The number of nitrogens with one attached hydrogen (secondary N) is 2. The second kappa shape index (κ2) is 7.88. The van der Waals surface area contributed by atoms with E-state index in [-0.39, 0.29) is 11.4 Å². The van der Waals surface area contributed by atoms with E-state index in [1.807, 2.05) is 12.1 Å². The van der Waals surface area contributed by atoms with Gasteiger partial charge in [0.05, 0.1) is 24.5 Å². The van der Waals surface area contributed by atoms with Gasteiger partial charge in [-0.25, -0.2) is 8.42 Å². The Kier molecular flexibility index (Phi) is 6.04. The van der Waals surface area contributed by atoms with Crippen LogP contribution in [-0.4, -0.2) is 37.3 Å². The Morgan fingerprint density at radius 3 is 2.62 bits per heavy atom. The first-order valence-corrected chi connectivity index (χ1v) is 9.57. The van der Waals surface area contributed by atoms with Crippen molar-refractivity contribution in [2.45, 2.75) is 38.3 Å². The van der Waals surface area contributed by atoms with Crippen molar-refractivity contribution in [1.29, 1.82) is 0 Å². The van der Waals surface area contributed by atoms with Crippen molar-refractivity contribution < 1.29 is 17.9 Å². The number of hydrogen-bond donors (Lipinski definition) is 2. The lowest BCUT2D eigenvalue weighted by molar-refractivity contribution is -0.122. The van der Waals surface area contributed by atoms with Gasteiger partial charge in [-0.2, -0.15) is 9.82 Å². The van der Waals surface area contributed by atoms with Crippen molar-refractivity contribution in [3.05, 3.63) is 41.2 Å². The molecule has 8 nitrogen and oxygen atoms in total. The van der Waals surface area contributed by atoms with Gasteiger partial charge in [-0.05, 0) is 38.5 Å². The Labute approximate surface area is 153 Å². The fourth-order valence-electron chi connectivity index (χ4n) is 2.61. The second-order valence-electron chi connectivity index (χ2n) is 6.04. The van der Waals surface area contributed by atoms with E-state index in [1.54, 1.807) is 40.1 Å². The lowest BCUT2D eigenvalue weighted by Crippen LogP contribution is -2.44. The summed E-state index contributed by atoms with van der Waals surface area (Å²) in [5.41, 5.74) is 1.76. The summed E-state index contributed by atoms with van der Waals surface area (Å²) in [5.74, 6) is 0.267. The molecule has 0 spiro atoms. The van der Waals surface area contributed by atoms with Crippen LogP contribution >= 0.6 is 0 Å². The Bertz CT molecular complexity index is 905. The van der Waals surface area contributed by atoms with Crippen molar-refractivity contribution in [3.63, 3.8) is 0 Å². The zero-order valence-electron chi connectivity index (χ0n) is 15.5. The molecule has 26 heavy (non-hydrogen) atoms. The average Bonchev–Trinajstić information content (AvgIpc) is 2.85. The van der Waals surface area contributed by atoms with Crippen LogP contribution in [0.4, 0.5) is 0 Å². The quantitative estimate of drug-likeness (QED) is 0.747. The minimum atomic E-state index is -3.85. The topological polar surface area (TPSA) is 102 Å². The maximum absolute atomic E-state index is 12.6. The van der Waals surface area contributed by atoms with Gasteiger partial charge in [0.2, 0.25) is 15.9 Å². The van der Waals surface area contributed by atoms with E-state index in [1.165, 1.54) is 11.6 Å². The van der Waals surface area contributed by atoms with Crippen LogP contribution in [0.2, 0.25) is 0 Å². The molecule has 142 valence electrons. The van der Waals surface area contributed by atoms with E-state index >= 15 is 0 Å². The van der Waals surface area contributed by atoms with Crippen LogP contribution in [0.15, 0.2) is 29.2 Å². The number of rotatable bonds is 7. The molecule has 1 aromatic carbocycles. The van der Waals surface area contributed by atoms with E-state index in [0.29, 0.717) is 17.1 Å². The van der Waals surface area contributed by atoms with Gasteiger partial charge in [0.1, 0.15) is 10.6 Å². The normalized spacial score (nSPS) is 12.7. The summed E-state index contributed by atoms with van der Waals surface area (Å²) in [6, 6.07) is 6.35. The van der Waals surface area contributed by atoms with Gasteiger partial charge >= 0.3 is 0 Å². The summed E-state index contributed by atoms with van der Waals surface area (Å²) in [7, 11) is -0.614. The summed E-state index contributed by atoms with van der Waals surface area (Å²) >= 11 is 0. The standard InChI is InChI=1S/C17H24N4O4S/c1-11-16(13(3)21(4)19-11)26(23,24)20-12(2)17(22)18-10-14-7-6-8-15(9-14)25-5/h6-9,12,20H,10H2,1-5H3,(H,18,22)/t12-/m0/s1. The first-order chi connectivity index (χ1) is 12.2. The highest BCUT2D eigenvalue weighted by atomic mass is 32.2. The van der Waals surface area contributed by atoms with Gasteiger partial charge < -0.3 is 10.1 Å². The summed E-state index contributed by atoms with van der Waals surface area (Å²) in [6.45, 7) is 5.06. The number of ether oxygens (including phenoxy) is 1. The fraction of sp³-hybridized carbons (Fsp3) is 0.412. The molecule has 0 fully saturated rings. The van der Waals surface area contributed by atoms with Crippen LogP contribution < -0.4 is 14.8 Å². The molecule has 2 aromatic rings. The largest absolute Gasteiger partial charge is 0.497 e. The zero-order chi connectivity index (χ0) is 19.5. The highest BCUT2D eigenvalue weighted by Crippen LogP contribution is 2.18. The molecule has 0 radical (unpaired) electrons. The van der Waals surface area contributed by atoms with Crippen LogP contribution in [0, 0.1) is 13.8 Å². The minimum Gasteiger partial charge on any atom is -0.497 e. The molecule has 0 aliphatic carbocycles. The molecular formula is C17H24N4O4S. The number of benzene rings is 1. The average molecular weight is 380 g/mol. The first-order valence-electron chi connectivity index (χ1n) is 8.09. The Morgan fingerprint density at radius 1 is 1.35 bits per heavy atom. The van der Waals surface area contributed by atoms with Crippen molar-refractivity contribution in [1.82, 2.24) is 19.8 Å². The number of sulfonamides is 1. The Morgan fingerprint density at radius 2 is 2.04 bits per heavy atom. The number of carbonyl (C=O) groups excluding carboxylic acids is 1. The zero-order valence-corrected chi connectivity index (χ0v) is 16.3. The fourth-order valence-corrected chi connectivity index (χ4v) is 4.25. The lowest BCUT2D eigenvalue weighted by atomic mass is 10.2. The molecule has 0 unspecified atom stereocenters. The lowest BCUT2D eigenvalue weighted by Gasteiger charge is -2.15. The van der Waals surface area contributed by atoms with Gasteiger partial charge in [-0.15, -0.1) is 0 Å². The van der Waals surface area contributed by atoms with Crippen LogP contribution in [-0.2, 0) is 28.4 Å². The smallest absolute Gasteiger partial charge is 0.244 e. The first kappa shape index (κ1) is 19.9.